The van der Waals surface area contributed by atoms with Crippen LogP contribution in [-0.2, 0) is 20.4 Å². The van der Waals surface area contributed by atoms with Crippen LogP contribution in [0, 0.1) is 0 Å². The number of phenolic OH excluding ortho intramolecular Hbond substituents is 1. The van der Waals surface area contributed by atoms with Gasteiger partial charge in [-0.15, -0.1) is 0 Å². The van der Waals surface area contributed by atoms with Crippen LogP contribution in [0.5, 0.6) is 17.2 Å². The monoisotopic (exact) mass is 639 g/mol. The number of phenols is 1. The summed E-state index contributed by atoms with van der Waals surface area (Å²) in [5, 5.41) is 12.6. The van der Waals surface area contributed by atoms with E-state index in [1.807, 2.05) is 6.07 Å². The fourth-order valence-corrected chi connectivity index (χ4v) is 7.47. The van der Waals surface area contributed by atoms with E-state index in [0.29, 0.717) is 47.1 Å². The van der Waals surface area contributed by atoms with Gasteiger partial charge in [0, 0.05) is 26.0 Å². The van der Waals surface area contributed by atoms with Gasteiger partial charge in [0.15, 0.2) is 9.84 Å². The van der Waals surface area contributed by atoms with Crippen molar-refractivity contribution in [1.29, 1.82) is 0 Å². The van der Waals surface area contributed by atoms with Gasteiger partial charge in [-0.1, -0.05) is 49.7 Å². The molecule has 0 radical (unpaired) electrons. The van der Waals surface area contributed by atoms with E-state index in [0.717, 1.165) is 0 Å². The molecule has 1 heterocycles. The lowest BCUT2D eigenvalue weighted by atomic mass is 10.1. The van der Waals surface area contributed by atoms with E-state index < -0.39 is 15.7 Å². The number of rotatable bonds is 6. The van der Waals surface area contributed by atoms with Crippen molar-refractivity contribution in [2.45, 2.75) is 15.5 Å². The largest absolute Gasteiger partial charge is 0.508 e. The Labute approximate surface area is 223 Å². The Morgan fingerprint density at radius 1 is 1.03 bits per heavy atom. The summed E-state index contributed by atoms with van der Waals surface area (Å²) in [5.74, 6) is 0.0416. The second-order valence-electron chi connectivity index (χ2n) is 7.45. The van der Waals surface area contributed by atoms with E-state index in [2.05, 4.69) is 37.2 Å². The molecule has 1 aliphatic heterocycles. The molecule has 0 atom stereocenters. The second-order valence-corrected chi connectivity index (χ2v) is 12.2. The molecular weight excluding hydrogens is 622 g/mol. The summed E-state index contributed by atoms with van der Waals surface area (Å²) in [6, 6.07) is 12.9. The molecule has 1 amide bonds. The summed E-state index contributed by atoms with van der Waals surface area (Å²) >= 11 is 8.01. The predicted molar refractivity (Wildman–Crippen MR) is 143 cm³/mol. The fourth-order valence-electron chi connectivity index (χ4n) is 3.47. The average Bonchev–Trinajstić information content (AvgIpc) is 2.82. The molecule has 0 aliphatic carbocycles. The van der Waals surface area contributed by atoms with Gasteiger partial charge in [-0.05, 0) is 42.0 Å². The first-order valence-corrected chi connectivity index (χ1v) is 14.1. The number of fused-ring (bicyclic) bond motifs is 1. The smallest absolute Gasteiger partial charge is 0.262 e. The third-order valence-corrected chi connectivity index (χ3v) is 9.43. The van der Waals surface area contributed by atoms with Crippen LogP contribution in [0.2, 0.25) is 0 Å². The third-order valence-electron chi connectivity index (χ3n) is 5.20. The van der Waals surface area contributed by atoms with Crippen LogP contribution in [0.1, 0.15) is 11.1 Å². The van der Waals surface area contributed by atoms with Crippen LogP contribution in [0.3, 0.4) is 0 Å². The third kappa shape index (κ3) is 5.37. The molecule has 35 heavy (non-hydrogen) atoms. The van der Waals surface area contributed by atoms with Gasteiger partial charge in [-0.2, -0.15) is 0 Å². The van der Waals surface area contributed by atoms with Crippen molar-refractivity contribution in [2.75, 3.05) is 19.5 Å². The minimum Gasteiger partial charge on any atom is -0.508 e. The quantitative estimate of drug-likeness (QED) is 0.319. The number of methoxy groups -OCH3 is 2. The van der Waals surface area contributed by atoms with Crippen molar-refractivity contribution in [3.63, 3.8) is 0 Å². The maximum Gasteiger partial charge on any atom is 0.262 e. The average molecular weight is 641 g/mol. The molecule has 4 rings (SSSR count). The Morgan fingerprint density at radius 2 is 1.66 bits per heavy atom. The Bertz CT molecular complexity index is 1430. The summed E-state index contributed by atoms with van der Waals surface area (Å²) in [6.07, 6.45) is 1.61. The first-order chi connectivity index (χ1) is 16.6. The van der Waals surface area contributed by atoms with Crippen LogP contribution in [0.15, 0.2) is 72.2 Å². The van der Waals surface area contributed by atoms with Crippen molar-refractivity contribution in [3.8, 4) is 17.2 Å². The van der Waals surface area contributed by atoms with Gasteiger partial charge in [0.2, 0.25) is 0 Å². The van der Waals surface area contributed by atoms with Gasteiger partial charge < -0.3 is 19.9 Å². The number of hydrogen-bond acceptors (Lipinski definition) is 7. The Hall–Kier alpha value is -2.47. The van der Waals surface area contributed by atoms with Gasteiger partial charge >= 0.3 is 0 Å². The number of ether oxygens (including phenoxy) is 2. The molecule has 2 N–H and O–H groups in total. The molecule has 0 fully saturated rings. The van der Waals surface area contributed by atoms with Crippen LogP contribution in [-0.4, -0.2) is 33.7 Å². The van der Waals surface area contributed by atoms with Crippen molar-refractivity contribution in [1.82, 2.24) is 0 Å². The molecular formula is C24H19Br2NO6S2. The molecule has 3 aromatic carbocycles. The van der Waals surface area contributed by atoms with E-state index in [-0.39, 0.29) is 16.4 Å². The lowest BCUT2D eigenvalue weighted by Crippen LogP contribution is -2.18. The predicted octanol–water partition coefficient (Wildman–Crippen LogP) is 5.99. The maximum absolute atomic E-state index is 13.1. The first-order valence-electron chi connectivity index (χ1n) is 10.1. The maximum atomic E-state index is 13.1. The number of aromatic hydroxyl groups is 1. The van der Waals surface area contributed by atoms with Crippen molar-refractivity contribution in [2.24, 2.45) is 0 Å². The van der Waals surface area contributed by atoms with Gasteiger partial charge in [0.25, 0.3) is 5.91 Å². The summed E-state index contributed by atoms with van der Waals surface area (Å²) < 4.78 is 38.3. The number of thioether (sulfide) groups is 1. The number of halogens is 2. The van der Waals surface area contributed by atoms with E-state index in [1.165, 1.54) is 50.2 Å². The van der Waals surface area contributed by atoms with Crippen molar-refractivity contribution < 1.29 is 27.8 Å². The van der Waals surface area contributed by atoms with Crippen LogP contribution in [0.25, 0.3) is 6.08 Å². The van der Waals surface area contributed by atoms with E-state index >= 15 is 0 Å². The zero-order valence-electron chi connectivity index (χ0n) is 18.5. The Balaban J connectivity index is 1.67. The molecule has 3 aromatic rings. The second kappa shape index (κ2) is 10.3. The number of hydrogen-bond donors (Lipinski definition) is 2. The number of nitrogens with one attached hydrogen (secondary N) is 1. The van der Waals surface area contributed by atoms with E-state index in [1.54, 1.807) is 24.3 Å². The highest BCUT2D eigenvalue weighted by molar-refractivity contribution is 9.11. The molecule has 0 saturated heterocycles. The summed E-state index contributed by atoms with van der Waals surface area (Å²) in [5.41, 5.74) is 1.52. The van der Waals surface area contributed by atoms with Crippen molar-refractivity contribution >= 4 is 71.1 Å². The number of amides is 1. The fraction of sp³-hybridized carbons (Fsp3) is 0.125. The topological polar surface area (TPSA) is 102 Å². The molecule has 0 unspecified atom stereocenters. The highest BCUT2D eigenvalue weighted by Gasteiger charge is 2.26. The number of anilines is 1. The van der Waals surface area contributed by atoms with Gasteiger partial charge in [0.1, 0.15) is 17.2 Å². The molecule has 7 nitrogen and oxygen atoms in total. The number of carbonyl (C=O) groups is 1. The molecule has 0 bridgehead atoms. The zero-order chi connectivity index (χ0) is 25.3. The Kier molecular flexibility index (Phi) is 7.51. The molecule has 182 valence electrons. The Morgan fingerprint density at radius 3 is 2.26 bits per heavy atom. The molecule has 0 saturated carbocycles. The minimum absolute atomic E-state index is 0.0322. The normalized spacial score (nSPS) is 14.4. The summed E-state index contributed by atoms with van der Waals surface area (Å²) in [4.78, 5) is 14.0. The van der Waals surface area contributed by atoms with Crippen LogP contribution < -0.4 is 14.8 Å². The number of carbonyl (C=O) groups excluding carboxylic acids is 1. The van der Waals surface area contributed by atoms with E-state index in [4.69, 9.17) is 9.47 Å². The van der Waals surface area contributed by atoms with Crippen LogP contribution >= 0.6 is 43.6 Å². The summed E-state index contributed by atoms with van der Waals surface area (Å²) in [7, 11) is -0.780. The van der Waals surface area contributed by atoms with Gasteiger partial charge in [-0.25, -0.2) is 8.42 Å². The number of benzene rings is 3. The minimum atomic E-state index is -3.69. The van der Waals surface area contributed by atoms with Gasteiger partial charge in [0.05, 0.1) is 41.0 Å². The van der Waals surface area contributed by atoms with Crippen molar-refractivity contribution in [3.05, 3.63) is 73.5 Å². The van der Waals surface area contributed by atoms with E-state index in [9.17, 15) is 18.3 Å². The highest BCUT2D eigenvalue weighted by Crippen LogP contribution is 2.43. The first kappa shape index (κ1) is 25.6. The zero-order valence-corrected chi connectivity index (χ0v) is 23.3. The SMILES string of the molecule is COc1cc(O)cc(OC)c1/C=C1\Sc2ccc(S(=O)(=O)Cc3c(Br)cccc3Br)cc2NC1=O. The highest BCUT2D eigenvalue weighted by atomic mass is 79.9. The standard InChI is InChI=1S/C24H19Br2NO6S2/c1-32-20-8-13(28)9-21(33-2)15(20)11-23-24(29)27-19-10-14(6-7-22(19)34-23)35(30,31)12-16-17(25)4-3-5-18(16)26/h3-11,28H,12H2,1-2H3,(H,27,29)/b23-11-. The molecule has 11 heteroatoms. The summed E-state index contributed by atoms with van der Waals surface area (Å²) in [6.45, 7) is 0. The molecule has 0 aromatic heterocycles. The van der Waals surface area contributed by atoms with Gasteiger partial charge in [-0.3, -0.25) is 4.79 Å². The molecule has 1 aliphatic rings. The lowest BCUT2D eigenvalue weighted by molar-refractivity contribution is -0.112. The lowest BCUT2D eigenvalue weighted by Gasteiger charge is -2.20. The number of sulfone groups is 1. The molecule has 0 spiro atoms. The van der Waals surface area contributed by atoms with Crippen LogP contribution in [0.4, 0.5) is 5.69 Å².